The SMILES string of the molecule is COc1cc(/C=C(/C#N)C(=O)Nc2nc(-c3ccccc3)cs2)ccc1OCCOc1ccccc1. The predicted molar refractivity (Wildman–Crippen MR) is 140 cm³/mol. The Labute approximate surface area is 213 Å². The van der Waals surface area contributed by atoms with Crippen molar-refractivity contribution in [3.63, 3.8) is 0 Å². The predicted octanol–water partition coefficient (Wildman–Crippen LogP) is 5.82. The quantitative estimate of drug-likeness (QED) is 0.169. The standard InChI is InChI=1S/C28H23N3O4S/c1-33-26-17-20(12-13-25(26)35-15-14-34-23-10-6-3-7-11-23)16-22(18-29)27(32)31-28-30-24(19-36-28)21-8-4-2-5-9-21/h2-13,16-17,19H,14-15H2,1H3,(H,30,31,32)/b22-16-. The number of hydrogen-bond acceptors (Lipinski definition) is 7. The number of amides is 1. The Morgan fingerprint density at radius 3 is 2.44 bits per heavy atom. The Morgan fingerprint density at radius 1 is 1.00 bits per heavy atom. The van der Waals surface area contributed by atoms with Crippen LogP contribution in [0.2, 0.25) is 0 Å². The number of nitriles is 1. The van der Waals surface area contributed by atoms with Gasteiger partial charge in [0.2, 0.25) is 0 Å². The molecule has 3 aromatic carbocycles. The van der Waals surface area contributed by atoms with Crippen molar-refractivity contribution < 1.29 is 19.0 Å². The van der Waals surface area contributed by atoms with Gasteiger partial charge in [0.15, 0.2) is 16.6 Å². The van der Waals surface area contributed by atoms with E-state index in [-0.39, 0.29) is 5.57 Å². The molecule has 7 nitrogen and oxygen atoms in total. The molecule has 0 radical (unpaired) electrons. The lowest BCUT2D eigenvalue weighted by Gasteiger charge is -2.12. The highest BCUT2D eigenvalue weighted by Crippen LogP contribution is 2.29. The third-order valence-corrected chi connectivity index (χ3v) is 5.77. The van der Waals surface area contributed by atoms with E-state index in [1.807, 2.05) is 72.1 Å². The van der Waals surface area contributed by atoms with Gasteiger partial charge in [0.1, 0.15) is 30.6 Å². The van der Waals surface area contributed by atoms with E-state index in [4.69, 9.17) is 14.2 Å². The molecule has 4 aromatic rings. The third kappa shape index (κ3) is 6.50. The molecule has 0 aliphatic rings. The Bertz CT molecular complexity index is 1380. The molecule has 1 aromatic heterocycles. The van der Waals surface area contributed by atoms with E-state index in [1.54, 1.807) is 18.2 Å². The number of benzene rings is 3. The molecule has 0 unspecified atom stereocenters. The molecule has 0 spiro atoms. The number of hydrogen-bond donors (Lipinski definition) is 1. The molecule has 0 fully saturated rings. The first-order valence-electron chi connectivity index (χ1n) is 11.1. The molecule has 0 saturated carbocycles. The average molecular weight is 498 g/mol. The molecule has 36 heavy (non-hydrogen) atoms. The summed E-state index contributed by atoms with van der Waals surface area (Å²) in [6.45, 7) is 0.696. The number of thiazole rings is 1. The van der Waals surface area contributed by atoms with Crippen molar-refractivity contribution >= 4 is 28.5 Å². The lowest BCUT2D eigenvalue weighted by Crippen LogP contribution is -2.13. The number of ether oxygens (including phenoxy) is 3. The van der Waals surface area contributed by atoms with Gasteiger partial charge in [0.05, 0.1) is 12.8 Å². The normalized spacial score (nSPS) is 10.8. The molecular formula is C28H23N3O4S. The van der Waals surface area contributed by atoms with Gasteiger partial charge < -0.3 is 14.2 Å². The molecule has 8 heteroatoms. The van der Waals surface area contributed by atoms with Gasteiger partial charge in [-0.25, -0.2) is 4.98 Å². The lowest BCUT2D eigenvalue weighted by atomic mass is 10.1. The lowest BCUT2D eigenvalue weighted by molar-refractivity contribution is -0.112. The number of anilines is 1. The highest BCUT2D eigenvalue weighted by atomic mass is 32.1. The fourth-order valence-corrected chi connectivity index (χ4v) is 3.99. The number of aromatic nitrogens is 1. The van der Waals surface area contributed by atoms with Crippen LogP contribution < -0.4 is 19.5 Å². The van der Waals surface area contributed by atoms with E-state index in [0.29, 0.717) is 35.4 Å². The number of nitrogens with zero attached hydrogens (tertiary/aromatic N) is 2. The smallest absolute Gasteiger partial charge is 0.268 e. The molecule has 1 heterocycles. The Morgan fingerprint density at radius 2 is 1.72 bits per heavy atom. The minimum Gasteiger partial charge on any atom is -0.493 e. The highest BCUT2D eigenvalue weighted by molar-refractivity contribution is 7.14. The van der Waals surface area contributed by atoms with Crippen molar-refractivity contribution in [2.75, 3.05) is 25.6 Å². The van der Waals surface area contributed by atoms with Gasteiger partial charge in [0.25, 0.3) is 5.91 Å². The van der Waals surface area contributed by atoms with E-state index in [9.17, 15) is 10.1 Å². The van der Waals surface area contributed by atoms with Crippen molar-refractivity contribution in [2.45, 2.75) is 0 Å². The van der Waals surface area contributed by atoms with E-state index < -0.39 is 5.91 Å². The number of rotatable bonds is 10. The Kier molecular flexibility index (Phi) is 8.31. The summed E-state index contributed by atoms with van der Waals surface area (Å²) in [4.78, 5) is 17.1. The zero-order valence-electron chi connectivity index (χ0n) is 19.5. The molecule has 0 aliphatic carbocycles. The zero-order chi connectivity index (χ0) is 25.2. The van der Waals surface area contributed by atoms with Crippen LogP contribution in [0, 0.1) is 11.3 Å². The summed E-state index contributed by atoms with van der Waals surface area (Å²) < 4.78 is 16.8. The molecule has 4 rings (SSSR count). The summed E-state index contributed by atoms with van der Waals surface area (Å²) in [6.07, 6.45) is 1.49. The van der Waals surface area contributed by atoms with Crippen LogP contribution in [0.5, 0.6) is 17.2 Å². The Hall–Kier alpha value is -4.61. The minimum atomic E-state index is -0.538. The van der Waals surface area contributed by atoms with Crippen LogP contribution >= 0.6 is 11.3 Å². The van der Waals surface area contributed by atoms with Crippen molar-refractivity contribution in [2.24, 2.45) is 0 Å². The first-order chi connectivity index (χ1) is 17.7. The maximum atomic E-state index is 12.7. The first kappa shape index (κ1) is 24.5. The number of nitrogens with one attached hydrogen (secondary N) is 1. The number of carbonyl (C=O) groups excluding carboxylic acids is 1. The van der Waals surface area contributed by atoms with E-state index in [0.717, 1.165) is 17.0 Å². The number of methoxy groups -OCH3 is 1. The van der Waals surface area contributed by atoms with Gasteiger partial charge in [0, 0.05) is 10.9 Å². The maximum Gasteiger partial charge on any atom is 0.268 e. The van der Waals surface area contributed by atoms with Crippen LogP contribution in [0.1, 0.15) is 5.56 Å². The van der Waals surface area contributed by atoms with Gasteiger partial charge in [-0.3, -0.25) is 10.1 Å². The van der Waals surface area contributed by atoms with Gasteiger partial charge >= 0.3 is 0 Å². The zero-order valence-corrected chi connectivity index (χ0v) is 20.3. The number of para-hydroxylation sites is 1. The summed E-state index contributed by atoms with van der Waals surface area (Å²) in [6, 6.07) is 26.3. The number of carbonyl (C=O) groups is 1. The molecule has 1 amide bonds. The minimum absolute atomic E-state index is 0.0570. The summed E-state index contributed by atoms with van der Waals surface area (Å²) in [5.41, 5.74) is 2.27. The van der Waals surface area contributed by atoms with Crippen molar-refractivity contribution in [3.05, 3.63) is 95.4 Å². The van der Waals surface area contributed by atoms with Crippen molar-refractivity contribution in [1.82, 2.24) is 4.98 Å². The van der Waals surface area contributed by atoms with Crippen LogP contribution in [0.25, 0.3) is 17.3 Å². The monoisotopic (exact) mass is 497 g/mol. The molecular weight excluding hydrogens is 474 g/mol. The van der Waals surface area contributed by atoms with Crippen molar-refractivity contribution in [1.29, 1.82) is 5.26 Å². The van der Waals surface area contributed by atoms with Gasteiger partial charge in [-0.1, -0.05) is 54.6 Å². The fraction of sp³-hybridized carbons (Fsp3) is 0.107. The van der Waals surface area contributed by atoms with Crippen LogP contribution in [0.3, 0.4) is 0 Å². The summed E-state index contributed by atoms with van der Waals surface area (Å²) in [5, 5.41) is 14.5. The topological polar surface area (TPSA) is 93.5 Å². The second-order valence-corrected chi connectivity index (χ2v) is 8.31. The van der Waals surface area contributed by atoms with Crippen LogP contribution in [-0.4, -0.2) is 31.2 Å². The van der Waals surface area contributed by atoms with Crippen LogP contribution in [0.4, 0.5) is 5.13 Å². The molecule has 0 aliphatic heterocycles. The van der Waals surface area contributed by atoms with E-state index in [1.165, 1.54) is 24.5 Å². The van der Waals surface area contributed by atoms with E-state index >= 15 is 0 Å². The summed E-state index contributed by atoms with van der Waals surface area (Å²) >= 11 is 1.30. The van der Waals surface area contributed by atoms with Crippen LogP contribution in [0.15, 0.2) is 89.8 Å². The van der Waals surface area contributed by atoms with Gasteiger partial charge in [-0.05, 0) is 35.9 Å². The summed E-state index contributed by atoms with van der Waals surface area (Å²) in [7, 11) is 1.53. The molecule has 0 atom stereocenters. The molecule has 180 valence electrons. The molecule has 0 saturated heterocycles. The van der Waals surface area contributed by atoms with E-state index in [2.05, 4.69) is 10.3 Å². The summed E-state index contributed by atoms with van der Waals surface area (Å²) in [5.74, 6) is 1.24. The average Bonchev–Trinajstić information content (AvgIpc) is 3.39. The molecule has 0 bridgehead atoms. The highest BCUT2D eigenvalue weighted by Gasteiger charge is 2.14. The van der Waals surface area contributed by atoms with Gasteiger partial charge in [-0.15, -0.1) is 11.3 Å². The van der Waals surface area contributed by atoms with Crippen molar-refractivity contribution in [3.8, 4) is 34.6 Å². The second kappa shape index (κ2) is 12.2. The fourth-order valence-electron chi connectivity index (χ4n) is 3.27. The Balaban J connectivity index is 1.39. The maximum absolute atomic E-state index is 12.7. The molecule has 1 N–H and O–H groups in total. The largest absolute Gasteiger partial charge is 0.493 e. The first-order valence-corrected chi connectivity index (χ1v) is 12.0. The second-order valence-electron chi connectivity index (χ2n) is 7.45. The van der Waals surface area contributed by atoms with Crippen LogP contribution in [-0.2, 0) is 4.79 Å². The third-order valence-electron chi connectivity index (χ3n) is 5.01. The van der Waals surface area contributed by atoms with Gasteiger partial charge in [-0.2, -0.15) is 5.26 Å².